The molecule has 3 rings (SSSR count). The van der Waals surface area contributed by atoms with Crippen molar-refractivity contribution in [1.29, 1.82) is 0 Å². The topological polar surface area (TPSA) is 108 Å². The van der Waals surface area contributed by atoms with Gasteiger partial charge in [-0.15, -0.1) is 0 Å². The summed E-state index contributed by atoms with van der Waals surface area (Å²) in [6, 6.07) is 6.80. The molecule has 1 aromatic heterocycles. The van der Waals surface area contributed by atoms with Gasteiger partial charge in [-0.05, 0) is 68.3 Å². The monoisotopic (exact) mass is 404 g/mol. The third kappa shape index (κ3) is 4.09. The second kappa shape index (κ2) is 7.24. The number of aromatic nitrogens is 3. The van der Waals surface area contributed by atoms with Crippen molar-refractivity contribution in [2.45, 2.75) is 42.6 Å². The van der Waals surface area contributed by atoms with Gasteiger partial charge < -0.3 is 5.11 Å². The Hall–Kier alpha value is -2.52. The highest BCUT2D eigenvalue weighted by molar-refractivity contribution is 7.99. The zero-order chi connectivity index (χ0) is 19.8. The number of nitrogens with one attached hydrogen (secondary N) is 2. The van der Waals surface area contributed by atoms with Crippen LogP contribution in [0.3, 0.4) is 0 Å². The number of rotatable bonds is 5. The summed E-state index contributed by atoms with van der Waals surface area (Å²) < 4.78 is 28.7. The first-order chi connectivity index (χ1) is 12.7. The lowest BCUT2D eigenvalue weighted by Crippen LogP contribution is -2.16. The quantitative estimate of drug-likeness (QED) is 0.560. The third-order valence-corrected chi connectivity index (χ3v) is 6.63. The molecule has 27 heavy (non-hydrogen) atoms. The number of benzene rings is 2. The number of phenols is 1. The summed E-state index contributed by atoms with van der Waals surface area (Å²) in [6.07, 6.45) is 1.36. The number of hydrogen-bond donors (Lipinski definition) is 3. The highest BCUT2D eigenvalue weighted by atomic mass is 32.2. The van der Waals surface area contributed by atoms with Crippen molar-refractivity contribution in [3.63, 3.8) is 0 Å². The van der Waals surface area contributed by atoms with Crippen molar-refractivity contribution in [3.05, 3.63) is 52.8 Å². The highest BCUT2D eigenvalue weighted by Crippen LogP contribution is 2.37. The van der Waals surface area contributed by atoms with Gasteiger partial charge in [0.05, 0.1) is 15.5 Å². The van der Waals surface area contributed by atoms with E-state index in [0.29, 0.717) is 32.4 Å². The molecule has 9 heteroatoms. The van der Waals surface area contributed by atoms with E-state index in [-0.39, 0.29) is 10.6 Å². The average molecular weight is 405 g/mol. The zero-order valence-electron chi connectivity index (χ0n) is 15.4. The molecule has 0 amide bonds. The molecule has 0 unspecified atom stereocenters. The van der Waals surface area contributed by atoms with Gasteiger partial charge in [0.15, 0.2) is 5.16 Å². The largest absolute Gasteiger partial charge is 0.507 e. The summed E-state index contributed by atoms with van der Waals surface area (Å²) in [5.74, 6) is 0.0412. The summed E-state index contributed by atoms with van der Waals surface area (Å²) in [6.45, 7) is 7.23. The highest BCUT2D eigenvalue weighted by Gasteiger charge is 2.21. The van der Waals surface area contributed by atoms with E-state index < -0.39 is 10.0 Å². The van der Waals surface area contributed by atoms with Crippen LogP contribution in [0.25, 0.3) is 0 Å². The molecule has 0 saturated heterocycles. The van der Waals surface area contributed by atoms with Gasteiger partial charge in [-0.3, -0.25) is 9.82 Å². The maximum atomic E-state index is 13.0. The summed E-state index contributed by atoms with van der Waals surface area (Å²) in [5.41, 5.74) is 3.39. The van der Waals surface area contributed by atoms with Crippen LogP contribution >= 0.6 is 11.8 Å². The Morgan fingerprint density at radius 1 is 1.04 bits per heavy atom. The van der Waals surface area contributed by atoms with Gasteiger partial charge in [-0.1, -0.05) is 17.7 Å². The fourth-order valence-electron chi connectivity index (χ4n) is 3.00. The number of hydrogen-bond acceptors (Lipinski definition) is 6. The molecule has 0 bridgehead atoms. The number of phenolic OH excluding ortho intramolecular Hbond substituents is 1. The van der Waals surface area contributed by atoms with Crippen molar-refractivity contribution >= 4 is 27.5 Å². The first kappa shape index (κ1) is 19.2. The molecule has 0 aliphatic carbocycles. The molecule has 0 fully saturated rings. The predicted octanol–water partition coefficient (Wildman–Crippen LogP) is 3.70. The van der Waals surface area contributed by atoms with Crippen LogP contribution in [0, 0.1) is 27.7 Å². The van der Waals surface area contributed by atoms with Crippen molar-refractivity contribution < 1.29 is 13.5 Å². The van der Waals surface area contributed by atoms with Crippen LogP contribution in [0.1, 0.15) is 22.3 Å². The van der Waals surface area contributed by atoms with Gasteiger partial charge in [-0.2, -0.15) is 5.10 Å². The molecule has 142 valence electrons. The minimum absolute atomic E-state index is 0.0412. The molecular formula is C18H20N4O3S2. The van der Waals surface area contributed by atoms with E-state index in [1.165, 1.54) is 12.4 Å². The summed E-state index contributed by atoms with van der Waals surface area (Å²) in [4.78, 5) is 4.74. The van der Waals surface area contributed by atoms with Crippen LogP contribution < -0.4 is 4.72 Å². The number of aromatic amines is 1. The van der Waals surface area contributed by atoms with Crippen molar-refractivity contribution in [2.75, 3.05) is 4.72 Å². The third-order valence-electron chi connectivity index (χ3n) is 4.02. The van der Waals surface area contributed by atoms with Crippen LogP contribution in [0.4, 0.5) is 5.69 Å². The smallest absolute Gasteiger partial charge is 0.262 e. The van der Waals surface area contributed by atoms with Crippen LogP contribution in [0.5, 0.6) is 5.75 Å². The molecular weight excluding hydrogens is 384 g/mol. The molecule has 0 aliphatic heterocycles. The Balaban J connectivity index is 2.00. The fourth-order valence-corrected chi connectivity index (χ4v) is 5.32. The first-order valence-electron chi connectivity index (χ1n) is 8.15. The molecule has 0 radical (unpaired) electrons. The number of aryl methyl sites for hydroxylation is 4. The number of H-pyrrole nitrogens is 1. The second-order valence-electron chi connectivity index (χ2n) is 6.36. The van der Waals surface area contributed by atoms with Crippen LogP contribution in [-0.2, 0) is 10.0 Å². The standard InChI is InChI=1S/C18H20N4O3S2/c1-10-5-12(3)17(13(4)6-10)27(24,25)22-14-8-16(15(23)7-11(14)2)26-18-19-9-20-21-18/h5-9,22-23H,1-4H3,(H,19,20,21). The average Bonchev–Trinajstić information content (AvgIpc) is 3.03. The number of sulfonamides is 1. The van der Waals surface area contributed by atoms with Crippen LogP contribution in [0.15, 0.2) is 45.5 Å². The van der Waals surface area contributed by atoms with Gasteiger partial charge in [-0.25, -0.2) is 13.4 Å². The Morgan fingerprint density at radius 3 is 2.30 bits per heavy atom. The Morgan fingerprint density at radius 2 is 1.70 bits per heavy atom. The molecule has 7 nitrogen and oxygen atoms in total. The van der Waals surface area contributed by atoms with E-state index in [1.807, 2.05) is 19.1 Å². The molecule has 0 spiro atoms. The fraction of sp³-hybridized carbons (Fsp3) is 0.222. The Kier molecular flexibility index (Phi) is 5.16. The predicted molar refractivity (Wildman–Crippen MR) is 105 cm³/mol. The van der Waals surface area contributed by atoms with E-state index in [1.54, 1.807) is 26.8 Å². The normalized spacial score (nSPS) is 11.6. The van der Waals surface area contributed by atoms with Crippen molar-refractivity contribution in [1.82, 2.24) is 15.2 Å². The second-order valence-corrected chi connectivity index (χ2v) is 9.01. The summed E-state index contributed by atoms with van der Waals surface area (Å²) in [7, 11) is -3.78. The lowest BCUT2D eigenvalue weighted by molar-refractivity contribution is 0.462. The molecule has 0 saturated carbocycles. The minimum Gasteiger partial charge on any atom is -0.507 e. The molecule has 3 aromatic rings. The number of anilines is 1. The van der Waals surface area contributed by atoms with Gasteiger partial charge in [0.1, 0.15) is 12.1 Å². The number of aromatic hydroxyl groups is 1. The van der Waals surface area contributed by atoms with Crippen LogP contribution in [-0.4, -0.2) is 28.7 Å². The van der Waals surface area contributed by atoms with E-state index in [2.05, 4.69) is 19.9 Å². The summed E-state index contributed by atoms with van der Waals surface area (Å²) >= 11 is 1.16. The van der Waals surface area contributed by atoms with Crippen molar-refractivity contribution in [3.8, 4) is 5.75 Å². The Bertz CT molecular complexity index is 1070. The maximum Gasteiger partial charge on any atom is 0.262 e. The Labute approximate surface area is 162 Å². The maximum absolute atomic E-state index is 13.0. The first-order valence-corrected chi connectivity index (χ1v) is 10.4. The van der Waals surface area contributed by atoms with E-state index in [9.17, 15) is 13.5 Å². The lowest BCUT2D eigenvalue weighted by atomic mass is 10.1. The number of nitrogens with zero attached hydrogens (tertiary/aromatic N) is 2. The zero-order valence-corrected chi connectivity index (χ0v) is 17.0. The minimum atomic E-state index is -3.78. The molecule has 2 aromatic carbocycles. The SMILES string of the molecule is Cc1cc(C)c(S(=O)(=O)Nc2cc(Sc3ncn[nH]3)c(O)cc2C)c(C)c1. The lowest BCUT2D eigenvalue weighted by Gasteiger charge is -2.16. The van der Waals surface area contributed by atoms with Gasteiger partial charge >= 0.3 is 0 Å². The van der Waals surface area contributed by atoms with Gasteiger partial charge in [0.2, 0.25) is 0 Å². The van der Waals surface area contributed by atoms with Gasteiger partial charge in [0.25, 0.3) is 10.0 Å². The van der Waals surface area contributed by atoms with E-state index >= 15 is 0 Å². The van der Waals surface area contributed by atoms with Crippen molar-refractivity contribution in [2.24, 2.45) is 0 Å². The van der Waals surface area contributed by atoms with Crippen LogP contribution in [0.2, 0.25) is 0 Å². The van der Waals surface area contributed by atoms with Gasteiger partial charge in [0, 0.05) is 0 Å². The molecule has 1 heterocycles. The summed E-state index contributed by atoms with van der Waals surface area (Å²) in [5, 5.41) is 17.1. The van der Waals surface area contributed by atoms with E-state index in [0.717, 1.165) is 17.3 Å². The molecule has 0 aliphatic rings. The molecule has 3 N–H and O–H groups in total. The molecule has 0 atom stereocenters. The van der Waals surface area contributed by atoms with E-state index in [4.69, 9.17) is 0 Å².